The molecule has 3 aromatic rings. The van der Waals surface area contributed by atoms with Gasteiger partial charge in [-0.25, -0.2) is 9.37 Å². The van der Waals surface area contributed by atoms with Crippen LogP contribution in [0.3, 0.4) is 0 Å². The van der Waals surface area contributed by atoms with Gasteiger partial charge in [-0.3, -0.25) is 0 Å². The molecule has 2 aromatic carbocycles. The van der Waals surface area contributed by atoms with Crippen LogP contribution in [0.15, 0.2) is 54.7 Å². The zero-order valence-electron chi connectivity index (χ0n) is 12.4. The smallest absolute Gasteiger partial charge is 0.123 e. The highest BCUT2D eigenvalue weighted by Crippen LogP contribution is 2.26. The molecule has 118 valence electrons. The fraction of sp³-hybridized carbons (Fsp3) is 0.167. The van der Waals surface area contributed by atoms with Gasteiger partial charge < -0.3 is 5.32 Å². The molecule has 0 bridgehead atoms. The van der Waals surface area contributed by atoms with Crippen LogP contribution in [0.2, 0.25) is 5.02 Å². The lowest BCUT2D eigenvalue weighted by atomic mass is 10.1. The average molecular weight is 347 g/mol. The van der Waals surface area contributed by atoms with Crippen LogP contribution in [0, 0.1) is 5.82 Å². The normalized spacial score (nSPS) is 10.9. The summed E-state index contributed by atoms with van der Waals surface area (Å²) in [5.74, 6) is -0.220. The molecule has 1 heterocycles. The Balaban J connectivity index is 1.49. The molecule has 1 aromatic heterocycles. The molecule has 0 aliphatic rings. The van der Waals surface area contributed by atoms with Gasteiger partial charge in [0, 0.05) is 17.8 Å². The van der Waals surface area contributed by atoms with Gasteiger partial charge in [0.1, 0.15) is 10.8 Å². The number of nitrogens with one attached hydrogen (secondary N) is 1. The topological polar surface area (TPSA) is 24.9 Å². The van der Waals surface area contributed by atoms with Crippen LogP contribution < -0.4 is 5.32 Å². The Labute approximate surface area is 144 Å². The first-order chi connectivity index (χ1) is 11.2. The van der Waals surface area contributed by atoms with Crippen molar-refractivity contribution >= 4 is 22.9 Å². The van der Waals surface area contributed by atoms with Crippen LogP contribution in [0.5, 0.6) is 0 Å². The fourth-order valence-electron chi connectivity index (χ4n) is 2.22. The molecule has 1 N–H and O–H groups in total. The third-order valence-electron chi connectivity index (χ3n) is 3.46. The Hall–Kier alpha value is -1.75. The minimum absolute atomic E-state index is 0.220. The molecule has 0 aliphatic carbocycles. The van der Waals surface area contributed by atoms with Crippen molar-refractivity contribution in [2.24, 2.45) is 0 Å². The molecule has 0 aliphatic heterocycles. The zero-order valence-corrected chi connectivity index (χ0v) is 14.0. The van der Waals surface area contributed by atoms with Crippen molar-refractivity contribution in [3.05, 3.63) is 76.1 Å². The number of aromatic nitrogens is 1. The van der Waals surface area contributed by atoms with E-state index in [4.69, 9.17) is 11.6 Å². The van der Waals surface area contributed by atoms with Crippen molar-refractivity contribution < 1.29 is 4.39 Å². The average Bonchev–Trinajstić information content (AvgIpc) is 3.03. The maximum Gasteiger partial charge on any atom is 0.123 e. The first kappa shape index (κ1) is 16.1. The van der Waals surface area contributed by atoms with E-state index in [-0.39, 0.29) is 5.82 Å². The van der Waals surface area contributed by atoms with E-state index >= 15 is 0 Å². The lowest BCUT2D eigenvalue weighted by molar-refractivity contribution is 0.628. The number of rotatable bonds is 6. The Morgan fingerprint density at radius 2 is 1.78 bits per heavy atom. The van der Waals surface area contributed by atoms with Crippen molar-refractivity contribution in [2.45, 2.75) is 13.0 Å². The highest BCUT2D eigenvalue weighted by molar-refractivity contribution is 7.15. The van der Waals surface area contributed by atoms with Gasteiger partial charge in [0.2, 0.25) is 0 Å². The minimum Gasteiger partial charge on any atom is -0.310 e. The summed E-state index contributed by atoms with van der Waals surface area (Å²) in [6.45, 7) is 1.62. The highest BCUT2D eigenvalue weighted by atomic mass is 35.5. The second-order valence-corrected chi connectivity index (χ2v) is 6.73. The molecule has 2 nitrogen and oxygen atoms in total. The fourth-order valence-corrected chi connectivity index (χ4v) is 3.24. The zero-order chi connectivity index (χ0) is 16.1. The summed E-state index contributed by atoms with van der Waals surface area (Å²) in [6.07, 6.45) is 2.79. The van der Waals surface area contributed by atoms with E-state index in [1.54, 1.807) is 23.5 Å². The van der Waals surface area contributed by atoms with Crippen molar-refractivity contribution in [1.82, 2.24) is 10.3 Å². The third kappa shape index (κ3) is 4.61. The molecule has 23 heavy (non-hydrogen) atoms. The summed E-state index contributed by atoms with van der Waals surface area (Å²) in [5.41, 5.74) is 2.25. The maximum absolute atomic E-state index is 12.9. The lowest BCUT2D eigenvalue weighted by Gasteiger charge is -2.03. The minimum atomic E-state index is -0.220. The van der Waals surface area contributed by atoms with Crippen LogP contribution in [-0.2, 0) is 13.0 Å². The summed E-state index contributed by atoms with van der Waals surface area (Å²) < 4.78 is 12.9. The third-order valence-corrected chi connectivity index (χ3v) is 4.76. The van der Waals surface area contributed by atoms with Gasteiger partial charge >= 0.3 is 0 Å². The summed E-state index contributed by atoms with van der Waals surface area (Å²) in [4.78, 5) is 5.47. The van der Waals surface area contributed by atoms with E-state index in [1.165, 1.54) is 17.7 Å². The van der Waals surface area contributed by atoms with Crippen LogP contribution in [-0.4, -0.2) is 11.5 Å². The molecule has 0 unspecified atom stereocenters. The summed E-state index contributed by atoms with van der Waals surface area (Å²) >= 11 is 7.50. The second-order valence-electron chi connectivity index (χ2n) is 5.18. The Bertz CT molecular complexity index is 753. The van der Waals surface area contributed by atoms with E-state index in [9.17, 15) is 4.39 Å². The van der Waals surface area contributed by atoms with E-state index in [0.717, 1.165) is 40.0 Å². The molecular weight excluding hydrogens is 331 g/mol. The van der Waals surface area contributed by atoms with Crippen LogP contribution in [0.1, 0.15) is 10.6 Å². The first-order valence-electron chi connectivity index (χ1n) is 7.36. The number of halogens is 2. The number of benzene rings is 2. The first-order valence-corrected chi connectivity index (χ1v) is 8.56. The molecule has 0 radical (unpaired) electrons. The molecule has 0 atom stereocenters. The molecular formula is C18H16ClFN2S. The number of hydrogen-bond donors (Lipinski definition) is 1. The maximum atomic E-state index is 12.9. The lowest BCUT2D eigenvalue weighted by Crippen LogP contribution is -2.16. The van der Waals surface area contributed by atoms with Gasteiger partial charge in [-0.15, -0.1) is 11.3 Å². The van der Waals surface area contributed by atoms with Gasteiger partial charge in [0.25, 0.3) is 0 Å². The van der Waals surface area contributed by atoms with Crippen molar-refractivity contribution in [3.63, 3.8) is 0 Å². The van der Waals surface area contributed by atoms with Gasteiger partial charge in [-0.1, -0.05) is 35.9 Å². The standard InChI is InChI=1S/C18H16ClFN2S/c19-15-5-1-13(2-6-15)9-10-21-12-18-22-11-17(23-18)14-3-7-16(20)8-4-14/h1-8,11,21H,9-10,12H2. The monoisotopic (exact) mass is 346 g/mol. The van der Waals surface area contributed by atoms with E-state index in [1.807, 2.05) is 30.5 Å². The van der Waals surface area contributed by atoms with Gasteiger partial charge in [-0.2, -0.15) is 0 Å². The predicted molar refractivity (Wildman–Crippen MR) is 94.4 cm³/mol. The predicted octanol–water partition coefficient (Wildman–Crippen LogP) is 4.93. The van der Waals surface area contributed by atoms with Crippen LogP contribution >= 0.6 is 22.9 Å². The summed E-state index contributed by atoms with van der Waals surface area (Å²) in [6, 6.07) is 14.4. The summed E-state index contributed by atoms with van der Waals surface area (Å²) in [5, 5.41) is 5.18. The number of thiazole rings is 1. The Morgan fingerprint density at radius 3 is 2.52 bits per heavy atom. The second kappa shape index (κ2) is 7.68. The quantitative estimate of drug-likeness (QED) is 0.640. The molecule has 5 heteroatoms. The molecule has 0 amide bonds. The van der Waals surface area contributed by atoms with Crippen LogP contribution in [0.25, 0.3) is 10.4 Å². The number of hydrogen-bond acceptors (Lipinski definition) is 3. The van der Waals surface area contributed by atoms with Gasteiger partial charge in [0.05, 0.1) is 4.88 Å². The molecule has 0 saturated carbocycles. The highest BCUT2D eigenvalue weighted by Gasteiger charge is 2.04. The molecule has 0 fully saturated rings. The van der Waals surface area contributed by atoms with Crippen molar-refractivity contribution in [3.8, 4) is 10.4 Å². The largest absolute Gasteiger partial charge is 0.310 e. The van der Waals surface area contributed by atoms with Crippen molar-refractivity contribution in [2.75, 3.05) is 6.54 Å². The van der Waals surface area contributed by atoms with Gasteiger partial charge in [-0.05, 0) is 48.4 Å². The van der Waals surface area contributed by atoms with Gasteiger partial charge in [0.15, 0.2) is 0 Å². The Morgan fingerprint density at radius 1 is 1.04 bits per heavy atom. The Kier molecular flexibility index (Phi) is 5.39. The van der Waals surface area contributed by atoms with E-state index in [2.05, 4.69) is 10.3 Å². The molecule has 0 saturated heterocycles. The van der Waals surface area contributed by atoms with Crippen molar-refractivity contribution in [1.29, 1.82) is 0 Å². The van der Waals surface area contributed by atoms with Crippen LogP contribution in [0.4, 0.5) is 4.39 Å². The van der Waals surface area contributed by atoms with E-state index in [0.29, 0.717) is 0 Å². The molecule has 3 rings (SSSR count). The SMILES string of the molecule is Fc1ccc(-c2cnc(CNCCc3ccc(Cl)cc3)s2)cc1. The molecule has 0 spiro atoms. The summed E-state index contributed by atoms with van der Waals surface area (Å²) in [7, 11) is 0. The van der Waals surface area contributed by atoms with E-state index < -0.39 is 0 Å². The number of nitrogens with zero attached hydrogens (tertiary/aromatic N) is 1.